The van der Waals surface area contributed by atoms with Crippen LogP contribution >= 0.6 is 0 Å². The largest absolute Gasteiger partial charge is 0.493 e. The number of nitrogens with one attached hydrogen (secondary N) is 1. The van der Waals surface area contributed by atoms with Crippen LogP contribution in [0.5, 0.6) is 11.5 Å². The van der Waals surface area contributed by atoms with E-state index in [-0.39, 0.29) is 0 Å². The summed E-state index contributed by atoms with van der Waals surface area (Å²) in [7, 11) is 1.64. The second-order valence-electron chi connectivity index (χ2n) is 9.54. The molecule has 0 atom stereocenters. The molecule has 0 spiro atoms. The molecule has 4 aromatic rings. The Morgan fingerprint density at radius 1 is 1.00 bits per heavy atom. The maximum absolute atomic E-state index is 6.09. The Balaban J connectivity index is 1.22. The molecular weight excluding hydrogens is 506 g/mol. The number of rotatable bonds is 12. The number of hydrogen-bond donors (Lipinski definition) is 1. The second kappa shape index (κ2) is 13.7. The van der Waals surface area contributed by atoms with Crippen LogP contribution in [0.2, 0.25) is 0 Å². The van der Waals surface area contributed by atoms with Crippen LogP contribution in [0.3, 0.4) is 0 Å². The van der Waals surface area contributed by atoms with Crippen molar-refractivity contribution >= 4 is 28.1 Å². The standard InChI is InChI=1S/C31H35N5O4/c1-23(35-40-21-24-7-4-3-5-8-24)25-9-11-26(12-10-25)34-31-27-19-29(37-2)30(20-28(27)32-22-33-31)39-16-6-13-36-14-17-38-18-15-36/h3-5,7-12,19-20,22H,6,13-18,21H2,1-2H3,(H,32,33,34). The SMILES string of the molecule is COc1cc2c(Nc3ccc(C(C)=NOCc4ccccc4)cc3)ncnc2cc1OCCCN1CCOCC1. The minimum absolute atomic E-state index is 0.434. The van der Waals surface area contributed by atoms with Crippen molar-refractivity contribution < 1.29 is 19.0 Å². The first-order valence-electron chi connectivity index (χ1n) is 13.5. The zero-order chi connectivity index (χ0) is 27.6. The number of oxime groups is 1. The summed E-state index contributed by atoms with van der Waals surface area (Å²) in [5.74, 6) is 2.01. The molecule has 208 valence electrons. The lowest BCUT2D eigenvalue weighted by Crippen LogP contribution is -2.37. The predicted molar refractivity (Wildman–Crippen MR) is 157 cm³/mol. The van der Waals surface area contributed by atoms with Gasteiger partial charge in [0.15, 0.2) is 11.5 Å². The van der Waals surface area contributed by atoms with Crippen LogP contribution in [-0.4, -0.2) is 67.1 Å². The molecule has 0 bridgehead atoms. The topological polar surface area (TPSA) is 90.3 Å². The third-order valence-electron chi connectivity index (χ3n) is 6.74. The van der Waals surface area contributed by atoms with Crippen LogP contribution < -0.4 is 14.8 Å². The molecule has 0 unspecified atom stereocenters. The Kier molecular flexibility index (Phi) is 9.39. The Hall–Kier alpha value is -4.21. The summed E-state index contributed by atoms with van der Waals surface area (Å²) in [6, 6.07) is 21.8. The molecule has 5 rings (SSSR count). The van der Waals surface area contributed by atoms with Gasteiger partial charge in [-0.25, -0.2) is 9.97 Å². The fraction of sp³-hybridized carbons (Fsp3) is 0.323. The van der Waals surface area contributed by atoms with Crippen LogP contribution in [0.1, 0.15) is 24.5 Å². The highest BCUT2D eigenvalue weighted by atomic mass is 16.6. The smallest absolute Gasteiger partial charge is 0.163 e. The highest BCUT2D eigenvalue weighted by Crippen LogP contribution is 2.34. The number of morpholine rings is 1. The molecule has 1 aromatic heterocycles. The number of fused-ring (bicyclic) bond motifs is 1. The molecule has 9 heteroatoms. The third-order valence-corrected chi connectivity index (χ3v) is 6.74. The quantitative estimate of drug-likeness (QED) is 0.144. The van der Waals surface area contributed by atoms with Gasteiger partial charge in [-0.05, 0) is 42.7 Å². The molecular formula is C31H35N5O4. The van der Waals surface area contributed by atoms with Crippen molar-refractivity contribution in [3.8, 4) is 11.5 Å². The molecule has 1 N–H and O–H groups in total. The van der Waals surface area contributed by atoms with Crippen molar-refractivity contribution in [2.45, 2.75) is 20.0 Å². The summed E-state index contributed by atoms with van der Waals surface area (Å²) in [5.41, 5.74) is 4.52. The first-order valence-corrected chi connectivity index (χ1v) is 13.5. The number of hydrogen-bond acceptors (Lipinski definition) is 9. The van der Waals surface area contributed by atoms with Crippen molar-refractivity contribution in [3.63, 3.8) is 0 Å². The molecule has 3 aromatic carbocycles. The van der Waals surface area contributed by atoms with Gasteiger partial charge in [-0.3, -0.25) is 4.90 Å². The monoisotopic (exact) mass is 541 g/mol. The van der Waals surface area contributed by atoms with Gasteiger partial charge >= 0.3 is 0 Å². The van der Waals surface area contributed by atoms with Gasteiger partial charge in [0.2, 0.25) is 0 Å². The van der Waals surface area contributed by atoms with Crippen molar-refractivity contribution in [2.24, 2.45) is 5.16 Å². The van der Waals surface area contributed by atoms with Crippen LogP contribution in [0, 0.1) is 0 Å². The highest BCUT2D eigenvalue weighted by Gasteiger charge is 2.13. The number of nitrogens with zero attached hydrogens (tertiary/aromatic N) is 4. The average molecular weight is 542 g/mol. The summed E-state index contributed by atoms with van der Waals surface area (Å²) in [5, 5.41) is 8.51. The first kappa shape index (κ1) is 27.4. The Bertz CT molecular complexity index is 1410. The van der Waals surface area contributed by atoms with Gasteiger partial charge in [0.1, 0.15) is 18.8 Å². The van der Waals surface area contributed by atoms with Gasteiger partial charge in [0.05, 0.1) is 38.2 Å². The van der Waals surface area contributed by atoms with Gasteiger partial charge < -0.3 is 24.4 Å². The lowest BCUT2D eigenvalue weighted by atomic mass is 10.1. The fourth-order valence-electron chi connectivity index (χ4n) is 4.49. The molecule has 0 radical (unpaired) electrons. The summed E-state index contributed by atoms with van der Waals surface area (Å²) >= 11 is 0. The molecule has 1 aliphatic heterocycles. The minimum atomic E-state index is 0.434. The van der Waals surface area contributed by atoms with Gasteiger partial charge in [0.25, 0.3) is 0 Å². The molecule has 40 heavy (non-hydrogen) atoms. The van der Waals surface area contributed by atoms with Crippen molar-refractivity contribution in [1.29, 1.82) is 0 Å². The molecule has 2 heterocycles. The van der Waals surface area contributed by atoms with Gasteiger partial charge in [0, 0.05) is 36.8 Å². The van der Waals surface area contributed by atoms with E-state index in [9.17, 15) is 0 Å². The lowest BCUT2D eigenvalue weighted by Gasteiger charge is -2.26. The average Bonchev–Trinajstić information content (AvgIpc) is 3.00. The van der Waals surface area contributed by atoms with Crippen LogP contribution in [0.25, 0.3) is 10.9 Å². The van der Waals surface area contributed by atoms with E-state index < -0.39 is 0 Å². The number of anilines is 2. The summed E-state index contributed by atoms with van der Waals surface area (Å²) < 4.78 is 17.2. The number of benzene rings is 3. The zero-order valence-corrected chi connectivity index (χ0v) is 23.0. The van der Waals surface area contributed by atoms with E-state index in [0.29, 0.717) is 30.5 Å². The highest BCUT2D eigenvalue weighted by molar-refractivity contribution is 5.99. The summed E-state index contributed by atoms with van der Waals surface area (Å²) in [4.78, 5) is 16.9. The van der Waals surface area contributed by atoms with E-state index in [2.05, 4.69) is 25.3 Å². The van der Waals surface area contributed by atoms with Gasteiger partial charge in [-0.15, -0.1) is 0 Å². The lowest BCUT2D eigenvalue weighted by molar-refractivity contribution is 0.0357. The van der Waals surface area contributed by atoms with Gasteiger partial charge in [-0.1, -0.05) is 47.6 Å². The van der Waals surface area contributed by atoms with E-state index in [0.717, 1.165) is 72.7 Å². The van der Waals surface area contributed by atoms with E-state index >= 15 is 0 Å². The molecule has 0 saturated carbocycles. The van der Waals surface area contributed by atoms with E-state index in [4.69, 9.17) is 19.0 Å². The van der Waals surface area contributed by atoms with E-state index in [1.54, 1.807) is 13.4 Å². The van der Waals surface area contributed by atoms with Crippen LogP contribution in [0.4, 0.5) is 11.5 Å². The zero-order valence-electron chi connectivity index (χ0n) is 23.0. The van der Waals surface area contributed by atoms with Crippen LogP contribution in [0.15, 0.2) is 78.2 Å². The van der Waals surface area contributed by atoms with Crippen molar-refractivity contribution in [2.75, 3.05) is 51.9 Å². The first-order chi connectivity index (χ1) is 19.7. The summed E-state index contributed by atoms with van der Waals surface area (Å²) in [6.07, 6.45) is 2.48. The van der Waals surface area contributed by atoms with Crippen LogP contribution in [-0.2, 0) is 16.2 Å². The normalized spacial score (nSPS) is 14.2. The van der Waals surface area contributed by atoms with Gasteiger partial charge in [-0.2, -0.15) is 0 Å². The van der Waals surface area contributed by atoms with Crippen molar-refractivity contribution in [1.82, 2.24) is 14.9 Å². The molecule has 0 amide bonds. The molecule has 0 aliphatic carbocycles. The molecule has 1 fully saturated rings. The van der Waals surface area contributed by atoms with E-state index in [1.165, 1.54) is 0 Å². The maximum atomic E-state index is 6.09. The third kappa shape index (κ3) is 7.25. The number of ether oxygens (including phenoxy) is 3. The fourth-order valence-corrected chi connectivity index (χ4v) is 4.49. The molecule has 1 aliphatic rings. The predicted octanol–water partition coefficient (Wildman–Crippen LogP) is 5.42. The Morgan fingerprint density at radius 2 is 1.80 bits per heavy atom. The number of aromatic nitrogens is 2. The Morgan fingerprint density at radius 3 is 2.58 bits per heavy atom. The molecule has 1 saturated heterocycles. The van der Waals surface area contributed by atoms with Crippen molar-refractivity contribution in [3.05, 3.63) is 84.2 Å². The maximum Gasteiger partial charge on any atom is 0.163 e. The molecule has 9 nitrogen and oxygen atoms in total. The number of methoxy groups -OCH3 is 1. The Labute approximate surface area is 234 Å². The van der Waals surface area contributed by atoms with E-state index in [1.807, 2.05) is 73.7 Å². The second-order valence-corrected chi connectivity index (χ2v) is 9.54. The summed E-state index contributed by atoms with van der Waals surface area (Å²) in [6.45, 7) is 7.51. The minimum Gasteiger partial charge on any atom is -0.493 e.